The highest BCUT2D eigenvalue weighted by Crippen LogP contribution is 2.24. The van der Waals surface area contributed by atoms with Crippen LogP contribution in [0.1, 0.15) is 10.5 Å². The van der Waals surface area contributed by atoms with E-state index in [-0.39, 0.29) is 19.4 Å². The molecule has 0 saturated heterocycles. The van der Waals surface area contributed by atoms with Crippen molar-refractivity contribution in [3.05, 3.63) is 34.4 Å². The van der Waals surface area contributed by atoms with Crippen molar-refractivity contribution in [3.8, 4) is 0 Å². The van der Waals surface area contributed by atoms with E-state index in [9.17, 15) is 4.79 Å². The third-order valence-corrected chi connectivity index (χ3v) is 3.79. The Morgan fingerprint density at radius 1 is 1.36 bits per heavy atom. The van der Waals surface area contributed by atoms with Crippen LogP contribution in [0.4, 0.5) is 0 Å². The summed E-state index contributed by atoms with van der Waals surface area (Å²) in [5.74, 6) is -0.259. The topological polar surface area (TPSA) is 63.9 Å². The fourth-order valence-electron chi connectivity index (χ4n) is 2.12. The highest BCUT2D eigenvalue weighted by Gasteiger charge is 2.18. The first-order chi connectivity index (χ1) is 10.6. The lowest BCUT2D eigenvalue weighted by molar-refractivity contribution is 0.0328. The molecule has 0 saturated carbocycles. The van der Waals surface area contributed by atoms with Crippen molar-refractivity contribution in [3.63, 3.8) is 0 Å². The fourth-order valence-corrected chi connectivity index (χ4v) is 2.49. The van der Waals surface area contributed by atoms with E-state index in [4.69, 9.17) is 14.6 Å². The molecule has 6 nitrogen and oxygen atoms in total. The zero-order chi connectivity index (χ0) is 16.1. The summed E-state index contributed by atoms with van der Waals surface area (Å²) in [6.45, 7) is 0.837. The van der Waals surface area contributed by atoms with Gasteiger partial charge in [0.15, 0.2) is 0 Å². The number of halogens is 1. The van der Waals surface area contributed by atoms with Crippen LogP contribution in [0.25, 0.3) is 10.9 Å². The maximum atomic E-state index is 12.4. The van der Waals surface area contributed by atoms with Crippen LogP contribution in [-0.2, 0) is 16.2 Å². The number of methoxy groups -OCH3 is 1. The minimum atomic E-state index is -0.339. The molecule has 0 fully saturated rings. The summed E-state index contributed by atoms with van der Waals surface area (Å²) < 4.78 is 13.2. The van der Waals surface area contributed by atoms with Gasteiger partial charge in [0.2, 0.25) is 0 Å². The SMILES string of the molecule is COCCOCn1c(C(=O)N(C)CO)cc2cc(Br)ccc21. The molecule has 0 spiro atoms. The number of aliphatic hydroxyl groups is 1. The van der Waals surface area contributed by atoms with Crippen molar-refractivity contribution in [1.29, 1.82) is 0 Å². The molecular formula is C15H19BrN2O4. The van der Waals surface area contributed by atoms with Crippen LogP contribution < -0.4 is 0 Å². The lowest BCUT2D eigenvalue weighted by Gasteiger charge is -2.16. The summed E-state index contributed by atoms with van der Waals surface area (Å²) in [7, 11) is 3.16. The number of amides is 1. The predicted molar refractivity (Wildman–Crippen MR) is 86.6 cm³/mol. The highest BCUT2D eigenvalue weighted by atomic mass is 79.9. The molecule has 0 aliphatic carbocycles. The van der Waals surface area contributed by atoms with Crippen molar-refractivity contribution < 1.29 is 19.4 Å². The Labute approximate surface area is 137 Å². The van der Waals surface area contributed by atoms with Gasteiger partial charge >= 0.3 is 0 Å². The number of aliphatic hydroxyl groups excluding tert-OH is 1. The number of carbonyl (C=O) groups excluding carboxylic acids is 1. The summed E-state index contributed by atoms with van der Waals surface area (Å²) in [5.41, 5.74) is 1.37. The fraction of sp³-hybridized carbons (Fsp3) is 0.400. The molecule has 2 rings (SSSR count). The molecule has 7 heteroatoms. The van der Waals surface area contributed by atoms with E-state index in [1.165, 1.54) is 4.90 Å². The summed E-state index contributed by atoms with van der Waals surface area (Å²) in [6, 6.07) is 7.58. The van der Waals surface area contributed by atoms with Crippen LogP contribution in [0.2, 0.25) is 0 Å². The Hall–Kier alpha value is -1.41. The number of hydrogen-bond acceptors (Lipinski definition) is 4. The molecule has 0 unspecified atom stereocenters. The van der Waals surface area contributed by atoms with E-state index in [1.54, 1.807) is 24.8 Å². The van der Waals surface area contributed by atoms with Gasteiger partial charge in [-0.05, 0) is 24.3 Å². The zero-order valence-electron chi connectivity index (χ0n) is 12.6. The standard InChI is InChI=1S/C15H19BrN2O4/c1-17(9-19)15(20)14-8-11-7-12(16)3-4-13(11)18(14)10-22-6-5-21-2/h3-4,7-8,19H,5-6,9-10H2,1-2H3. The van der Waals surface area contributed by atoms with Crippen molar-refractivity contribution in [2.45, 2.75) is 6.73 Å². The van der Waals surface area contributed by atoms with Crippen molar-refractivity contribution >= 4 is 32.7 Å². The minimum absolute atomic E-state index is 0.245. The molecule has 120 valence electrons. The second-order valence-electron chi connectivity index (χ2n) is 4.84. The molecule has 0 atom stereocenters. The Kier molecular flexibility index (Phi) is 5.96. The molecule has 1 aromatic heterocycles. The van der Waals surface area contributed by atoms with Crippen LogP contribution >= 0.6 is 15.9 Å². The van der Waals surface area contributed by atoms with E-state index < -0.39 is 0 Å². The molecule has 0 bridgehead atoms. The average molecular weight is 371 g/mol. The van der Waals surface area contributed by atoms with Gasteiger partial charge < -0.3 is 24.0 Å². The highest BCUT2D eigenvalue weighted by molar-refractivity contribution is 9.10. The third kappa shape index (κ3) is 3.67. The van der Waals surface area contributed by atoms with E-state index in [0.29, 0.717) is 18.9 Å². The van der Waals surface area contributed by atoms with Gasteiger partial charge in [-0.25, -0.2) is 0 Å². The second-order valence-corrected chi connectivity index (χ2v) is 5.75. The van der Waals surface area contributed by atoms with E-state index in [2.05, 4.69) is 15.9 Å². The van der Waals surface area contributed by atoms with Crippen molar-refractivity contribution in [2.75, 3.05) is 34.1 Å². The number of nitrogens with zero attached hydrogens (tertiary/aromatic N) is 2. The minimum Gasteiger partial charge on any atom is -0.382 e. The van der Waals surface area contributed by atoms with Gasteiger partial charge in [0.05, 0.1) is 18.7 Å². The lowest BCUT2D eigenvalue weighted by Crippen LogP contribution is -2.29. The van der Waals surface area contributed by atoms with Gasteiger partial charge in [0.1, 0.15) is 19.2 Å². The number of ether oxygens (including phenoxy) is 2. The normalized spacial score (nSPS) is 11.1. The quantitative estimate of drug-likeness (QED) is 0.598. The van der Waals surface area contributed by atoms with Crippen LogP contribution in [0.15, 0.2) is 28.7 Å². The molecular weight excluding hydrogens is 352 g/mol. The monoisotopic (exact) mass is 370 g/mol. The number of benzene rings is 1. The van der Waals surface area contributed by atoms with Gasteiger partial charge in [-0.1, -0.05) is 15.9 Å². The summed E-state index contributed by atoms with van der Waals surface area (Å²) in [4.78, 5) is 13.6. The molecule has 0 aliphatic heterocycles. The summed E-state index contributed by atoms with van der Waals surface area (Å²) in [6.07, 6.45) is 0. The first kappa shape index (κ1) is 17.0. The largest absolute Gasteiger partial charge is 0.382 e. The van der Waals surface area contributed by atoms with Gasteiger partial charge in [-0.15, -0.1) is 0 Å². The number of rotatable bonds is 7. The number of hydrogen-bond donors (Lipinski definition) is 1. The molecule has 22 heavy (non-hydrogen) atoms. The summed E-state index contributed by atoms with van der Waals surface area (Å²) in [5, 5.41) is 10.1. The molecule has 1 amide bonds. The third-order valence-electron chi connectivity index (χ3n) is 3.29. The van der Waals surface area contributed by atoms with Crippen LogP contribution in [0.5, 0.6) is 0 Å². The van der Waals surface area contributed by atoms with Crippen LogP contribution in [0, 0.1) is 0 Å². The first-order valence-corrected chi connectivity index (χ1v) is 7.59. The Bertz CT molecular complexity index is 656. The van der Waals surface area contributed by atoms with Crippen molar-refractivity contribution in [1.82, 2.24) is 9.47 Å². The first-order valence-electron chi connectivity index (χ1n) is 6.80. The van der Waals surface area contributed by atoms with E-state index in [0.717, 1.165) is 15.4 Å². The number of carbonyl (C=O) groups is 1. The van der Waals surface area contributed by atoms with Crippen molar-refractivity contribution in [2.24, 2.45) is 0 Å². The smallest absolute Gasteiger partial charge is 0.272 e. The molecule has 1 N–H and O–H groups in total. The lowest BCUT2D eigenvalue weighted by atomic mass is 10.2. The Morgan fingerprint density at radius 2 is 2.14 bits per heavy atom. The second kappa shape index (κ2) is 7.73. The zero-order valence-corrected chi connectivity index (χ0v) is 14.2. The average Bonchev–Trinajstić information content (AvgIpc) is 2.87. The number of fused-ring (bicyclic) bond motifs is 1. The maximum Gasteiger partial charge on any atom is 0.272 e. The van der Waals surface area contributed by atoms with Crippen LogP contribution in [0.3, 0.4) is 0 Å². The molecule has 0 radical (unpaired) electrons. The van der Waals surface area contributed by atoms with Gasteiger partial charge in [0.25, 0.3) is 5.91 Å². The molecule has 0 aliphatic rings. The Balaban J connectivity index is 2.37. The van der Waals surface area contributed by atoms with Crippen LogP contribution in [-0.4, -0.2) is 54.6 Å². The molecule has 1 heterocycles. The predicted octanol–water partition coefficient (Wildman–Crippen LogP) is 2.05. The van der Waals surface area contributed by atoms with Gasteiger partial charge in [0, 0.05) is 24.0 Å². The molecule has 2 aromatic rings. The van der Waals surface area contributed by atoms with E-state index in [1.807, 2.05) is 18.2 Å². The Morgan fingerprint density at radius 3 is 2.82 bits per heavy atom. The summed E-state index contributed by atoms with van der Waals surface area (Å²) >= 11 is 3.43. The van der Waals surface area contributed by atoms with Gasteiger partial charge in [-0.3, -0.25) is 4.79 Å². The number of aromatic nitrogens is 1. The van der Waals surface area contributed by atoms with Gasteiger partial charge in [-0.2, -0.15) is 0 Å². The molecule has 1 aromatic carbocycles. The maximum absolute atomic E-state index is 12.4. The van der Waals surface area contributed by atoms with E-state index >= 15 is 0 Å².